The van der Waals surface area contributed by atoms with Gasteiger partial charge in [-0.3, -0.25) is 18.6 Å². The lowest BCUT2D eigenvalue weighted by molar-refractivity contribution is -0.147. The molecule has 0 fully saturated rings. The lowest BCUT2D eigenvalue weighted by atomic mass is 10.1. The fraction of sp³-hybridized carbons (Fsp3) is 0.857. The van der Waals surface area contributed by atoms with Gasteiger partial charge in [-0.1, -0.05) is 83.8 Å². The average Bonchev–Trinajstić information content (AvgIpc) is 2.89. The summed E-state index contributed by atoms with van der Waals surface area (Å²) in [5.41, 5.74) is 0. The van der Waals surface area contributed by atoms with Crippen LogP contribution in [0, 0.1) is 0 Å². The van der Waals surface area contributed by atoms with Gasteiger partial charge in [0.25, 0.3) is 0 Å². The highest BCUT2D eigenvalue weighted by molar-refractivity contribution is 7.47. The van der Waals surface area contributed by atoms with E-state index in [9.17, 15) is 24.2 Å². The summed E-state index contributed by atoms with van der Waals surface area (Å²) >= 11 is 0. The molecule has 3 N–H and O–H groups in total. The van der Waals surface area contributed by atoms with Gasteiger partial charge in [0, 0.05) is 19.4 Å². The third-order valence-electron chi connectivity index (χ3n) is 5.95. The lowest BCUT2D eigenvalue weighted by Gasteiger charge is -2.15. The number of carbonyl (C=O) groups is 2. The zero-order valence-electron chi connectivity index (χ0n) is 23.9. The molecule has 0 radical (unpaired) electrons. The van der Waals surface area contributed by atoms with Crippen molar-refractivity contribution in [3.8, 4) is 0 Å². The summed E-state index contributed by atoms with van der Waals surface area (Å²) in [5.74, 6) is -0.541. The summed E-state index contributed by atoms with van der Waals surface area (Å²) in [4.78, 5) is 33.2. The molecule has 0 bridgehead atoms. The normalized spacial score (nSPS) is 13.9. The number of aliphatic hydroxyl groups is 1. The first kappa shape index (κ1) is 36.8. The molecule has 0 aliphatic rings. The van der Waals surface area contributed by atoms with E-state index in [2.05, 4.69) is 31.3 Å². The number of hydrogen-bond donors (Lipinski definition) is 3. The number of phosphoric acid groups is 1. The van der Waals surface area contributed by atoms with Crippen molar-refractivity contribution in [2.45, 2.75) is 129 Å². The maximum Gasteiger partial charge on any atom is 0.472 e. The molecule has 0 aliphatic heterocycles. The quantitative estimate of drug-likeness (QED) is 0.0455. The fourth-order valence-electron chi connectivity index (χ4n) is 3.67. The van der Waals surface area contributed by atoms with E-state index in [1.54, 1.807) is 0 Å². The largest absolute Gasteiger partial charge is 0.472 e. The smallest absolute Gasteiger partial charge is 0.463 e. The molecule has 2 atom stereocenters. The Labute approximate surface area is 230 Å². The Bertz CT molecular complexity index is 659. The van der Waals surface area contributed by atoms with Gasteiger partial charge in [0.1, 0.15) is 12.7 Å². The maximum atomic E-state index is 11.9. The van der Waals surface area contributed by atoms with Crippen LogP contribution in [-0.2, 0) is 27.9 Å². The molecule has 38 heavy (non-hydrogen) atoms. The van der Waals surface area contributed by atoms with Gasteiger partial charge in [-0.05, 0) is 38.5 Å². The molecule has 10 heteroatoms. The van der Waals surface area contributed by atoms with Gasteiger partial charge in [-0.2, -0.15) is 0 Å². The number of rotatable bonds is 27. The summed E-state index contributed by atoms with van der Waals surface area (Å²) in [6.07, 6.45) is 20.4. The molecule has 0 spiro atoms. The molecule has 0 aliphatic carbocycles. The number of nitrogens with one attached hydrogen (secondary N) is 1. The molecular formula is C28H54NO8P. The average molecular weight is 564 g/mol. The minimum atomic E-state index is -4.39. The van der Waals surface area contributed by atoms with Gasteiger partial charge in [0.2, 0.25) is 5.91 Å². The van der Waals surface area contributed by atoms with E-state index in [4.69, 9.17) is 13.8 Å². The standard InChI is InChI=1S/C28H54NO8P/c1-3-5-7-9-10-11-12-13-14-15-17-18-20-27(31)29-22-23-36-38(33,34)37-25-26(30)24-35-28(32)21-19-16-8-6-4-2/h10-11,26,30H,3-9,12-25H2,1-2H3,(H,29,31)(H,33,34)/b11-10-. The monoisotopic (exact) mass is 563 g/mol. The Morgan fingerprint density at radius 1 is 0.789 bits per heavy atom. The van der Waals surface area contributed by atoms with Crippen molar-refractivity contribution in [3.05, 3.63) is 12.2 Å². The van der Waals surface area contributed by atoms with E-state index in [0.29, 0.717) is 6.42 Å². The topological polar surface area (TPSA) is 131 Å². The Morgan fingerprint density at radius 2 is 1.34 bits per heavy atom. The Kier molecular flexibility index (Phi) is 25.1. The third-order valence-corrected chi connectivity index (χ3v) is 6.93. The predicted octanol–water partition coefficient (Wildman–Crippen LogP) is 6.37. The van der Waals surface area contributed by atoms with E-state index >= 15 is 0 Å². The molecular weight excluding hydrogens is 509 g/mol. The lowest BCUT2D eigenvalue weighted by Crippen LogP contribution is -2.27. The third kappa shape index (κ3) is 26.4. The second-order valence-electron chi connectivity index (χ2n) is 9.72. The number of hydrogen-bond acceptors (Lipinski definition) is 7. The minimum absolute atomic E-state index is 0.0791. The highest BCUT2D eigenvalue weighted by Crippen LogP contribution is 2.42. The van der Waals surface area contributed by atoms with Crippen LogP contribution in [0.3, 0.4) is 0 Å². The Balaban J connectivity index is 3.67. The van der Waals surface area contributed by atoms with Crippen LogP contribution in [0.25, 0.3) is 0 Å². The van der Waals surface area contributed by atoms with Crippen LogP contribution in [0.5, 0.6) is 0 Å². The van der Waals surface area contributed by atoms with Crippen LogP contribution < -0.4 is 5.32 Å². The molecule has 2 unspecified atom stereocenters. The number of unbranched alkanes of at least 4 members (excludes halogenated alkanes) is 12. The van der Waals surface area contributed by atoms with E-state index in [-0.39, 0.29) is 32.1 Å². The second kappa shape index (κ2) is 26.0. The number of amides is 1. The fourth-order valence-corrected chi connectivity index (χ4v) is 4.42. The number of aliphatic hydroxyl groups excluding tert-OH is 1. The van der Waals surface area contributed by atoms with Crippen molar-refractivity contribution in [3.63, 3.8) is 0 Å². The minimum Gasteiger partial charge on any atom is -0.463 e. The van der Waals surface area contributed by atoms with E-state index in [1.165, 1.54) is 32.1 Å². The number of carbonyl (C=O) groups excluding carboxylic acids is 2. The number of allylic oxidation sites excluding steroid dienone is 2. The van der Waals surface area contributed by atoms with E-state index in [0.717, 1.165) is 64.2 Å². The van der Waals surface area contributed by atoms with Crippen LogP contribution >= 0.6 is 7.82 Å². The van der Waals surface area contributed by atoms with Crippen molar-refractivity contribution < 1.29 is 37.9 Å². The van der Waals surface area contributed by atoms with Crippen LogP contribution in [0.15, 0.2) is 12.2 Å². The zero-order chi connectivity index (χ0) is 28.3. The van der Waals surface area contributed by atoms with Crippen molar-refractivity contribution in [1.82, 2.24) is 5.32 Å². The van der Waals surface area contributed by atoms with Gasteiger partial charge in [0.15, 0.2) is 0 Å². The van der Waals surface area contributed by atoms with Gasteiger partial charge in [-0.25, -0.2) is 4.57 Å². The number of ether oxygens (including phenoxy) is 1. The summed E-state index contributed by atoms with van der Waals surface area (Å²) in [7, 11) is -4.39. The highest BCUT2D eigenvalue weighted by atomic mass is 31.2. The van der Waals surface area contributed by atoms with Crippen molar-refractivity contribution in [2.75, 3.05) is 26.4 Å². The highest BCUT2D eigenvalue weighted by Gasteiger charge is 2.23. The first-order valence-corrected chi connectivity index (χ1v) is 16.2. The molecule has 0 aromatic carbocycles. The van der Waals surface area contributed by atoms with Crippen LogP contribution in [0.4, 0.5) is 0 Å². The summed E-state index contributed by atoms with van der Waals surface area (Å²) < 4.78 is 26.4. The van der Waals surface area contributed by atoms with Crippen LogP contribution in [0.1, 0.15) is 123 Å². The zero-order valence-corrected chi connectivity index (χ0v) is 24.8. The van der Waals surface area contributed by atoms with E-state index < -0.39 is 26.5 Å². The molecule has 0 aromatic rings. The first-order valence-electron chi connectivity index (χ1n) is 14.7. The molecule has 0 heterocycles. The Hall–Kier alpha value is -1.25. The van der Waals surface area contributed by atoms with Crippen LogP contribution in [-0.4, -0.2) is 54.3 Å². The summed E-state index contributed by atoms with van der Waals surface area (Å²) in [6, 6.07) is 0. The van der Waals surface area contributed by atoms with Gasteiger partial charge in [-0.15, -0.1) is 0 Å². The molecule has 0 saturated heterocycles. The molecule has 1 amide bonds. The second-order valence-corrected chi connectivity index (χ2v) is 11.2. The number of phosphoric ester groups is 1. The van der Waals surface area contributed by atoms with Gasteiger partial charge >= 0.3 is 13.8 Å². The molecule has 224 valence electrons. The molecule has 0 saturated carbocycles. The predicted molar refractivity (Wildman–Crippen MR) is 151 cm³/mol. The Morgan fingerprint density at radius 3 is 2.03 bits per heavy atom. The summed E-state index contributed by atoms with van der Waals surface area (Å²) in [6.45, 7) is 3.38. The first-order chi connectivity index (χ1) is 18.3. The number of esters is 1. The molecule has 0 rings (SSSR count). The SMILES string of the molecule is CCCCC/C=C\CCCCCCCC(=O)NCCOP(=O)(O)OCC(O)COC(=O)CCCCCCC. The van der Waals surface area contributed by atoms with E-state index in [1.807, 2.05) is 0 Å². The van der Waals surface area contributed by atoms with Crippen LogP contribution in [0.2, 0.25) is 0 Å². The summed E-state index contributed by atoms with van der Waals surface area (Å²) in [5, 5.41) is 12.5. The van der Waals surface area contributed by atoms with Gasteiger partial charge < -0.3 is 20.1 Å². The van der Waals surface area contributed by atoms with Crippen molar-refractivity contribution >= 4 is 19.7 Å². The maximum absolute atomic E-state index is 11.9. The van der Waals surface area contributed by atoms with Crippen molar-refractivity contribution in [1.29, 1.82) is 0 Å². The molecule has 0 aromatic heterocycles. The van der Waals surface area contributed by atoms with Crippen molar-refractivity contribution in [2.24, 2.45) is 0 Å². The van der Waals surface area contributed by atoms with Gasteiger partial charge in [0.05, 0.1) is 13.2 Å². The molecule has 9 nitrogen and oxygen atoms in total.